The molecule has 0 fully saturated rings. The first kappa shape index (κ1) is 14.2. The Balaban J connectivity index is 2.27. The van der Waals surface area contributed by atoms with Gasteiger partial charge in [-0.05, 0) is 30.2 Å². The van der Waals surface area contributed by atoms with Gasteiger partial charge in [0.1, 0.15) is 0 Å². The van der Waals surface area contributed by atoms with Gasteiger partial charge in [-0.25, -0.2) is 0 Å². The Labute approximate surface area is 110 Å². The fourth-order valence-corrected chi connectivity index (χ4v) is 1.50. The highest BCUT2D eigenvalue weighted by Gasteiger charge is 2.03. The predicted molar refractivity (Wildman–Crippen MR) is 71.9 cm³/mol. The second kappa shape index (κ2) is 7.42. The van der Waals surface area contributed by atoms with Crippen LogP contribution in [0.25, 0.3) is 0 Å². The van der Waals surface area contributed by atoms with Gasteiger partial charge < -0.3 is 15.7 Å². The topological polar surface area (TPSA) is 61.4 Å². The van der Waals surface area contributed by atoms with E-state index >= 15 is 0 Å². The van der Waals surface area contributed by atoms with Crippen molar-refractivity contribution in [3.63, 3.8) is 0 Å². The number of rotatable bonds is 6. The Morgan fingerprint density at radius 1 is 1.41 bits per heavy atom. The van der Waals surface area contributed by atoms with Gasteiger partial charge in [-0.2, -0.15) is 0 Å². The summed E-state index contributed by atoms with van der Waals surface area (Å²) in [6.07, 6.45) is 0. The van der Waals surface area contributed by atoms with Crippen molar-refractivity contribution in [2.24, 2.45) is 5.92 Å². The van der Waals surface area contributed by atoms with E-state index in [0.29, 0.717) is 6.54 Å². The molecule has 1 unspecified atom stereocenters. The van der Waals surface area contributed by atoms with E-state index in [9.17, 15) is 4.79 Å². The van der Waals surface area contributed by atoms with Crippen molar-refractivity contribution >= 4 is 27.5 Å². The second-order valence-electron chi connectivity index (χ2n) is 3.97. The number of nitrogens with one attached hydrogen (secondary N) is 2. The molecule has 0 heterocycles. The molecule has 0 radical (unpaired) electrons. The standard InChI is InChI=1S/C12H17BrN2O2/c1-9(8-16)6-14-7-12(17)15-11-4-2-10(13)3-5-11/h2-5,9,14,16H,6-8H2,1H3,(H,15,17). The van der Waals surface area contributed by atoms with Crippen molar-refractivity contribution in [3.05, 3.63) is 28.7 Å². The van der Waals surface area contributed by atoms with Crippen LogP contribution >= 0.6 is 15.9 Å². The van der Waals surface area contributed by atoms with Crippen LogP contribution in [0.15, 0.2) is 28.7 Å². The Morgan fingerprint density at radius 2 is 2.06 bits per heavy atom. The Kier molecular flexibility index (Phi) is 6.18. The van der Waals surface area contributed by atoms with Crippen LogP contribution in [0.5, 0.6) is 0 Å². The summed E-state index contributed by atoms with van der Waals surface area (Å²) in [5.74, 6) is 0.0768. The highest BCUT2D eigenvalue weighted by molar-refractivity contribution is 9.10. The van der Waals surface area contributed by atoms with Crippen molar-refractivity contribution in [1.82, 2.24) is 5.32 Å². The van der Waals surface area contributed by atoms with Crippen LogP contribution in [0.2, 0.25) is 0 Å². The number of aliphatic hydroxyl groups excluding tert-OH is 1. The molecule has 5 heteroatoms. The molecule has 0 saturated carbocycles. The molecular weight excluding hydrogens is 284 g/mol. The molecule has 0 spiro atoms. The van der Waals surface area contributed by atoms with Crippen molar-refractivity contribution in [2.75, 3.05) is 25.0 Å². The molecule has 1 rings (SSSR count). The summed E-state index contributed by atoms with van der Waals surface area (Å²) < 4.78 is 0.977. The molecule has 0 aromatic heterocycles. The zero-order valence-corrected chi connectivity index (χ0v) is 11.3. The van der Waals surface area contributed by atoms with E-state index in [1.165, 1.54) is 0 Å². The summed E-state index contributed by atoms with van der Waals surface area (Å²) in [4.78, 5) is 11.5. The number of amides is 1. The molecule has 4 nitrogen and oxygen atoms in total. The van der Waals surface area contributed by atoms with Gasteiger partial charge in [0.25, 0.3) is 0 Å². The molecule has 1 atom stereocenters. The summed E-state index contributed by atoms with van der Waals surface area (Å²) in [6, 6.07) is 7.41. The van der Waals surface area contributed by atoms with E-state index in [2.05, 4.69) is 26.6 Å². The molecule has 94 valence electrons. The van der Waals surface area contributed by atoms with Crippen molar-refractivity contribution in [3.8, 4) is 0 Å². The largest absolute Gasteiger partial charge is 0.396 e. The van der Waals surface area contributed by atoms with Crippen molar-refractivity contribution < 1.29 is 9.90 Å². The lowest BCUT2D eigenvalue weighted by Gasteiger charge is -2.09. The fraction of sp³-hybridized carbons (Fsp3) is 0.417. The van der Waals surface area contributed by atoms with Crippen molar-refractivity contribution in [1.29, 1.82) is 0 Å². The minimum absolute atomic E-state index is 0.0857. The van der Waals surface area contributed by atoms with Crippen LogP contribution in [0.3, 0.4) is 0 Å². The second-order valence-corrected chi connectivity index (χ2v) is 4.89. The molecule has 1 aromatic carbocycles. The van der Waals surface area contributed by atoms with Crippen LogP contribution in [0, 0.1) is 5.92 Å². The Bertz CT molecular complexity index is 354. The quantitative estimate of drug-likeness (QED) is 0.748. The first-order valence-corrected chi connectivity index (χ1v) is 6.28. The van der Waals surface area contributed by atoms with Gasteiger partial charge in [0, 0.05) is 23.3 Å². The number of hydrogen-bond acceptors (Lipinski definition) is 3. The molecular formula is C12H17BrN2O2. The van der Waals surface area contributed by atoms with Gasteiger partial charge in [-0.1, -0.05) is 22.9 Å². The molecule has 17 heavy (non-hydrogen) atoms. The zero-order chi connectivity index (χ0) is 12.7. The van der Waals surface area contributed by atoms with E-state index in [1.807, 2.05) is 31.2 Å². The average molecular weight is 301 g/mol. The summed E-state index contributed by atoms with van der Waals surface area (Å²) in [6.45, 7) is 2.92. The van der Waals surface area contributed by atoms with Gasteiger partial charge in [0.05, 0.1) is 6.54 Å². The molecule has 0 bridgehead atoms. The van der Waals surface area contributed by atoms with Gasteiger partial charge in [0.2, 0.25) is 5.91 Å². The third-order valence-electron chi connectivity index (χ3n) is 2.22. The van der Waals surface area contributed by atoms with E-state index in [0.717, 1.165) is 10.2 Å². The smallest absolute Gasteiger partial charge is 0.238 e. The minimum atomic E-state index is -0.0857. The van der Waals surface area contributed by atoms with E-state index in [4.69, 9.17) is 5.11 Å². The normalized spacial score (nSPS) is 12.2. The first-order valence-electron chi connectivity index (χ1n) is 5.49. The number of aliphatic hydroxyl groups is 1. The highest BCUT2D eigenvalue weighted by Crippen LogP contribution is 2.13. The predicted octanol–water partition coefficient (Wildman–Crippen LogP) is 1.61. The van der Waals surface area contributed by atoms with E-state index < -0.39 is 0 Å². The monoisotopic (exact) mass is 300 g/mol. The van der Waals surface area contributed by atoms with E-state index in [-0.39, 0.29) is 25.0 Å². The van der Waals surface area contributed by atoms with Gasteiger partial charge in [0.15, 0.2) is 0 Å². The van der Waals surface area contributed by atoms with Crippen LogP contribution in [0.4, 0.5) is 5.69 Å². The molecule has 0 aliphatic heterocycles. The first-order chi connectivity index (χ1) is 8.11. The van der Waals surface area contributed by atoms with Crippen LogP contribution in [-0.4, -0.2) is 30.7 Å². The lowest BCUT2D eigenvalue weighted by atomic mass is 10.2. The zero-order valence-electron chi connectivity index (χ0n) is 9.74. The maximum atomic E-state index is 11.5. The number of carbonyl (C=O) groups is 1. The third kappa shape index (κ3) is 5.81. The average Bonchev–Trinajstić information content (AvgIpc) is 2.32. The fourth-order valence-electron chi connectivity index (χ4n) is 1.24. The number of halogens is 1. The Morgan fingerprint density at radius 3 is 2.65 bits per heavy atom. The molecule has 1 amide bonds. The SMILES string of the molecule is CC(CO)CNCC(=O)Nc1ccc(Br)cc1. The maximum absolute atomic E-state index is 11.5. The third-order valence-corrected chi connectivity index (χ3v) is 2.75. The number of benzene rings is 1. The van der Waals surface area contributed by atoms with Gasteiger partial charge in [-0.15, -0.1) is 0 Å². The molecule has 1 aromatic rings. The minimum Gasteiger partial charge on any atom is -0.396 e. The van der Waals surface area contributed by atoms with E-state index in [1.54, 1.807) is 0 Å². The molecule has 3 N–H and O–H groups in total. The number of carbonyl (C=O) groups excluding carboxylic acids is 1. The molecule has 0 saturated heterocycles. The lowest BCUT2D eigenvalue weighted by molar-refractivity contribution is -0.115. The molecule has 0 aliphatic rings. The van der Waals surface area contributed by atoms with Crippen LogP contribution < -0.4 is 10.6 Å². The summed E-state index contributed by atoms with van der Waals surface area (Å²) in [5.41, 5.74) is 0.773. The summed E-state index contributed by atoms with van der Waals surface area (Å²) in [7, 11) is 0. The van der Waals surface area contributed by atoms with Crippen molar-refractivity contribution in [2.45, 2.75) is 6.92 Å². The van der Waals surface area contributed by atoms with Crippen LogP contribution in [0.1, 0.15) is 6.92 Å². The summed E-state index contributed by atoms with van der Waals surface area (Å²) in [5, 5.41) is 14.6. The number of hydrogen-bond donors (Lipinski definition) is 3. The Hall–Kier alpha value is -0.910. The van der Waals surface area contributed by atoms with Gasteiger partial charge >= 0.3 is 0 Å². The van der Waals surface area contributed by atoms with Crippen LogP contribution in [-0.2, 0) is 4.79 Å². The highest BCUT2D eigenvalue weighted by atomic mass is 79.9. The maximum Gasteiger partial charge on any atom is 0.238 e. The van der Waals surface area contributed by atoms with Gasteiger partial charge in [-0.3, -0.25) is 4.79 Å². The molecule has 0 aliphatic carbocycles. The number of anilines is 1. The summed E-state index contributed by atoms with van der Waals surface area (Å²) >= 11 is 3.33. The lowest BCUT2D eigenvalue weighted by Crippen LogP contribution is -2.31.